The van der Waals surface area contributed by atoms with E-state index in [1.54, 1.807) is 10.9 Å². The van der Waals surface area contributed by atoms with E-state index in [1.165, 1.54) is 30.2 Å². The number of aliphatic carboxylic acids is 1. The number of carbonyl (C=O) groups excluding carboxylic acids is 1. The van der Waals surface area contributed by atoms with Crippen LogP contribution in [0.25, 0.3) is 0 Å². The van der Waals surface area contributed by atoms with Gasteiger partial charge in [0, 0.05) is 12.4 Å². The highest BCUT2D eigenvalue weighted by atomic mass is 32.1. The summed E-state index contributed by atoms with van der Waals surface area (Å²) in [7, 11) is 1.52. The van der Waals surface area contributed by atoms with Crippen molar-refractivity contribution in [1.29, 1.82) is 0 Å². The molecule has 100 valence electrons. The van der Waals surface area contributed by atoms with Crippen LogP contribution in [0.15, 0.2) is 10.9 Å². The first-order chi connectivity index (χ1) is 8.41. The van der Waals surface area contributed by atoms with Crippen LogP contribution in [0.4, 0.5) is 4.79 Å². The summed E-state index contributed by atoms with van der Waals surface area (Å²) >= 11 is 1.41. The molecule has 0 spiro atoms. The van der Waals surface area contributed by atoms with Crippen LogP contribution in [0.3, 0.4) is 0 Å². The predicted octanol–water partition coefficient (Wildman–Crippen LogP) is 0.118. The fourth-order valence-electron chi connectivity index (χ4n) is 1.26. The third-order valence-electron chi connectivity index (χ3n) is 2.26. The van der Waals surface area contributed by atoms with E-state index in [0.717, 1.165) is 5.69 Å². The quantitative estimate of drug-likeness (QED) is 0.707. The molecule has 0 aliphatic rings. The molecule has 0 fully saturated rings. The van der Waals surface area contributed by atoms with Crippen LogP contribution >= 0.6 is 11.3 Å². The predicted molar refractivity (Wildman–Crippen MR) is 65.2 cm³/mol. The van der Waals surface area contributed by atoms with Crippen molar-refractivity contribution in [2.24, 2.45) is 0 Å². The van der Waals surface area contributed by atoms with Gasteiger partial charge >= 0.3 is 12.0 Å². The zero-order chi connectivity index (χ0) is 13.7. The number of amides is 2. The highest BCUT2D eigenvalue weighted by Crippen LogP contribution is 2.04. The van der Waals surface area contributed by atoms with Gasteiger partial charge in [-0.15, -0.1) is 11.3 Å². The molecule has 3 N–H and O–H groups in total. The van der Waals surface area contributed by atoms with E-state index in [-0.39, 0.29) is 6.54 Å². The Morgan fingerprint density at radius 3 is 2.72 bits per heavy atom. The Morgan fingerprint density at radius 1 is 1.61 bits per heavy atom. The van der Waals surface area contributed by atoms with E-state index in [2.05, 4.69) is 10.3 Å². The molecule has 1 aromatic heterocycles. The van der Waals surface area contributed by atoms with Crippen LogP contribution in [-0.2, 0) is 11.3 Å². The number of aliphatic hydroxyl groups is 1. The number of carboxylic acids is 1. The minimum absolute atomic E-state index is 0.279. The monoisotopic (exact) mass is 273 g/mol. The highest BCUT2D eigenvalue weighted by Gasteiger charge is 2.26. The first-order valence-corrected chi connectivity index (χ1v) is 6.15. The summed E-state index contributed by atoms with van der Waals surface area (Å²) in [5.41, 5.74) is 2.37. The first kappa shape index (κ1) is 14.4. The number of thiazole rings is 1. The van der Waals surface area contributed by atoms with Gasteiger partial charge in [0.25, 0.3) is 0 Å². The van der Waals surface area contributed by atoms with Gasteiger partial charge in [-0.1, -0.05) is 0 Å². The van der Waals surface area contributed by atoms with Crippen LogP contribution < -0.4 is 5.32 Å². The highest BCUT2D eigenvalue weighted by molar-refractivity contribution is 7.07. The van der Waals surface area contributed by atoms with Gasteiger partial charge in [0.05, 0.1) is 23.9 Å². The number of rotatable bonds is 5. The van der Waals surface area contributed by atoms with Crippen molar-refractivity contribution >= 4 is 23.3 Å². The van der Waals surface area contributed by atoms with Crippen molar-refractivity contribution in [2.45, 2.75) is 25.6 Å². The van der Waals surface area contributed by atoms with E-state index in [1.807, 2.05) is 0 Å². The fraction of sp³-hybridized carbons (Fsp3) is 0.500. The molecular weight excluding hydrogens is 258 g/mol. The summed E-state index contributed by atoms with van der Waals surface area (Å²) in [6.45, 7) is 1.58. The minimum Gasteiger partial charge on any atom is -0.480 e. The molecule has 7 nitrogen and oxygen atoms in total. The van der Waals surface area contributed by atoms with Gasteiger partial charge in [-0.2, -0.15) is 0 Å². The third kappa shape index (κ3) is 3.97. The van der Waals surface area contributed by atoms with Crippen LogP contribution in [-0.4, -0.2) is 51.3 Å². The third-order valence-corrected chi connectivity index (χ3v) is 2.89. The maximum Gasteiger partial charge on any atom is 0.328 e. The number of aromatic nitrogens is 1. The van der Waals surface area contributed by atoms with Crippen molar-refractivity contribution in [3.8, 4) is 0 Å². The molecule has 0 aliphatic heterocycles. The molecule has 0 saturated heterocycles. The Morgan fingerprint density at radius 2 is 2.28 bits per heavy atom. The van der Waals surface area contributed by atoms with Crippen molar-refractivity contribution < 1.29 is 19.8 Å². The lowest BCUT2D eigenvalue weighted by atomic mass is 10.2. The van der Waals surface area contributed by atoms with Crippen molar-refractivity contribution in [3.05, 3.63) is 16.6 Å². The van der Waals surface area contributed by atoms with Crippen LogP contribution in [0.1, 0.15) is 12.6 Å². The standard InChI is InChI=1S/C10H15N3O4S/c1-6(14)8(9(15)16)12-10(17)13(2)3-7-4-18-5-11-7/h4-6,8,14H,3H2,1-2H3,(H,12,17)(H,15,16)/t6-,8+/m1/s1. The number of nitrogens with zero attached hydrogens (tertiary/aromatic N) is 2. The van der Waals surface area contributed by atoms with Crippen molar-refractivity contribution in [2.75, 3.05) is 7.05 Å². The second-order valence-electron chi connectivity index (χ2n) is 3.84. The number of carbonyl (C=O) groups is 2. The van der Waals surface area contributed by atoms with Gasteiger partial charge in [0.15, 0.2) is 6.04 Å². The Bertz CT molecular complexity index is 407. The molecule has 8 heteroatoms. The molecule has 0 saturated carbocycles. The molecule has 1 aromatic rings. The number of hydrogen-bond donors (Lipinski definition) is 3. The van der Waals surface area contributed by atoms with Crippen LogP contribution in [0, 0.1) is 0 Å². The van der Waals surface area contributed by atoms with E-state index in [4.69, 9.17) is 5.11 Å². The largest absolute Gasteiger partial charge is 0.480 e. The Labute approximate surface area is 108 Å². The van der Waals surface area contributed by atoms with Gasteiger partial charge < -0.3 is 20.4 Å². The van der Waals surface area contributed by atoms with E-state index < -0.39 is 24.1 Å². The van der Waals surface area contributed by atoms with E-state index >= 15 is 0 Å². The minimum atomic E-state index is -1.32. The lowest BCUT2D eigenvalue weighted by Crippen LogP contribution is -2.51. The molecule has 0 aromatic carbocycles. The van der Waals surface area contributed by atoms with Crippen LogP contribution in [0.5, 0.6) is 0 Å². The van der Waals surface area contributed by atoms with E-state index in [0.29, 0.717) is 0 Å². The second kappa shape index (κ2) is 6.31. The maximum atomic E-state index is 11.7. The number of nitrogens with one attached hydrogen (secondary N) is 1. The Kier molecular flexibility index (Phi) is 5.05. The summed E-state index contributed by atoms with van der Waals surface area (Å²) in [5, 5.41) is 22.1. The first-order valence-electron chi connectivity index (χ1n) is 5.21. The molecule has 1 heterocycles. The summed E-state index contributed by atoms with van der Waals surface area (Å²) in [4.78, 5) is 27.8. The number of urea groups is 1. The summed E-state index contributed by atoms with van der Waals surface area (Å²) < 4.78 is 0. The number of hydrogen-bond acceptors (Lipinski definition) is 5. The molecular formula is C10H15N3O4S. The SMILES string of the molecule is C[C@@H](O)[C@H](NC(=O)N(C)Cc1cscn1)C(=O)O. The Balaban J connectivity index is 2.56. The van der Waals surface area contributed by atoms with Crippen LogP contribution in [0.2, 0.25) is 0 Å². The molecule has 2 amide bonds. The molecule has 0 unspecified atom stereocenters. The smallest absolute Gasteiger partial charge is 0.328 e. The summed E-state index contributed by atoms with van der Waals surface area (Å²) in [6.07, 6.45) is -1.17. The average Bonchev–Trinajstić information content (AvgIpc) is 2.77. The number of carboxylic acid groups (broad SMARTS) is 1. The van der Waals surface area contributed by atoms with Gasteiger partial charge in [-0.25, -0.2) is 14.6 Å². The van der Waals surface area contributed by atoms with Gasteiger partial charge in [-0.05, 0) is 6.92 Å². The Hall–Kier alpha value is -1.67. The fourth-order valence-corrected chi connectivity index (χ4v) is 1.81. The molecule has 1 rings (SSSR count). The summed E-state index contributed by atoms with van der Waals surface area (Å²) in [6, 6.07) is -1.90. The zero-order valence-corrected chi connectivity index (χ0v) is 10.8. The van der Waals surface area contributed by atoms with Crippen molar-refractivity contribution in [3.63, 3.8) is 0 Å². The van der Waals surface area contributed by atoms with E-state index in [9.17, 15) is 14.7 Å². The molecule has 0 radical (unpaired) electrons. The molecule has 2 atom stereocenters. The average molecular weight is 273 g/mol. The second-order valence-corrected chi connectivity index (χ2v) is 4.56. The number of aliphatic hydroxyl groups excluding tert-OH is 1. The van der Waals surface area contributed by atoms with Gasteiger partial charge in [0.1, 0.15) is 0 Å². The normalized spacial score (nSPS) is 13.7. The maximum absolute atomic E-state index is 11.7. The molecule has 0 aliphatic carbocycles. The molecule has 18 heavy (non-hydrogen) atoms. The van der Waals surface area contributed by atoms with Gasteiger partial charge in [-0.3, -0.25) is 0 Å². The topological polar surface area (TPSA) is 103 Å². The zero-order valence-electron chi connectivity index (χ0n) is 10.0. The lowest BCUT2D eigenvalue weighted by molar-refractivity contribution is -0.141. The van der Waals surface area contributed by atoms with Crippen molar-refractivity contribution in [1.82, 2.24) is 15.2 Å². The van der Waals surface area contributed by atoms with Gasteiger partial charge in [0.2, 0.25) is 0 Å². The lowest BCUT2D eigenvalue weighted by Gasteiger charge is -2.22. The molecule has 0 bridgehead atoms. The summed E-state index contributed by atoms with van der Waals surface area (Å²) in [5.74, 6) is -1.28.